The van der Waals surface area contributed by atoms with E-state index in [1.165, 1.54) is 0 Å². The van der Waals surface area contributed by atoms with Crippen LogP contribution in [0.1, 0.15) is 21.7 Å². The Morgan fingerprint density at radius 3 is 2.86 bits per heavy atom. The van der Waals surface area contributed by atoms with Crippen LogP contribution in [0.15, 0.2) is 42.6 Å². The summed E-state index contributed by atoms with van der Waals surface area (Å²) in [5.74, 6) is -1.07. The first-order valence-corrected chi connectivity index (χ1v) is 6.23. The standard InChI is InChI=1S/C15H10N4O2/c16-8-12-10(4-3-7-17-12)9-19-13-6-2-1-5-11(13)14(18-19)15(20)21/h1-7H,9H2,(H,20,21). The molecule has 0 saturated carbocycles. The Hall–Kier alpha value is -3.20. The fourth-order valence-corrected chi connectivity index (χ4v) is 2.23. The van der Waals surface area contributed by atoms with Gasteiger partial charge in [-0.05, 0) is 12.1 Å². The van der Waals surface area contributed by atoms with Gasteiger partial charge in [-0.2, -0.15) is 10.4 Å². The molecule has 0 bridgehead atoms. The van der Waals surface area contributed by atoms with E-state index in [1.807, 2.05) is 12.1 Å². The van der Waals surface area contributed by atoms with Gasteiger partial charge < -0.3 is 5.11 Å². The maximum atomic E-state index is 11.3. The van der Waals surface area contributed by atoms with Crippen LogP contribution in [0.25, 0.3) is 10.9 Å². The summed E-state index contributed by atoms with van der Waals surface area (Å²) in [5.41, 5.74) is 1.73. The molecule has 1 N–H and O–H groups in total. The smallest absolute Gasteiger partial charge is 0.357 e. The van der Waals surface area contributed by atoms with Crippen LogP contribution in [-0.2, 0) is 6.54 Å². The number of para-hydroxylation sites is 1. The van der Waals surface area contributed by atoms with Gasteiger partial charge in [0.15, 0.2) is 5.69 Å². The molecule has 0 fully saturated rings. The Bertz CT molecular complexity index is 877. The van der Waals surface area contributed by atoms with Crippen molar-refractivity contribution < 1.29 is 9.90 Å². The van der Waals surface area contributed by atoms with Crippen LogP contribution in [0.3, 0.4) is 0 Å². The van der Waals surface area contributed by atoms with Crippen LogP contribution < -0.4 is 0 Å². The zero-order valence-corrected chi connectivity index (χ0v) is 10.9. The molecule has 0 atom stereocenters. The van der Waals surface area contributed by atoms with E-state index in [-0.39, 0.29) is 5.69 Å². The maximum Gasteiger partial charge on any atom is 0.357 e. The van der Waals surface area contributed by atoms with E-state index in [2.05, 4.69) is 10.1 Å². The maximum absolute atomic E-state index is 11.3. The molecule has 0 radical (unpaired) electrons. The second-order valence-electron chi connectivity index (χ2n) is 4.45. The fraction of sp³-hybridized carbons (Fsp3) is 0.0667. The van der Waals surface area contributed by atoms with Gasteiger partial charge in [0, 0.05) is 17.1 Å². The second kappa shape index (κ2) is 5.06. The van der Waals surface area contributed by atoms with Crippen molar-refractivity contribution in [1.82, 2.24) is 14.8 Å². The van der Waals surface area contributed by atoms with Crippen LogP contribution in [0.2, 0.25) is 0 Å². The van der Waals surface area contributed by atoms with E-state index in [0.29, 0.717) is 28.7 Å². The van der Waals surface area contributed by atoms with E-state index in [4.69, 9.17) is 5.26 Å². The first kappa shape index (κ1) is 12.8. The number of nitrogens with zero attached hydrogens (tertiary/aromatic N) is 4. The molecule has 3 rings (SSSR count). The molecular weight excluding hydrogens is 268 g/mol. The summed E-state index contributed by atoms with van der Waals surface area (Å²) in [6.45, 7) is 0.296. The largest absolute Gasteiger partial charge is 0.476 e. The lowest BCUT2D eigenvalue weighted by Crippen LogP contribution is -2.06. The summed E-state index contributed by atoms with van der Waals surface area (Å²) in [5, 5.41) is 23.0. The topological polar surface area (TPSA) is 91.8 Å². The summed E-state index contributed by atoms with van der Waals surface area (Å²) >= 11 is 0. The molecule has 0 unspecified atom stereocenters. The van der Waals surface area contributed by atoms with E-state index in [0.717, 1.165) is 0 Å². The molecule has 2 heterocycles. The van der Waals surface area contributed by atoms with Gasteiger partial charge in [0.25, 0.3) is 0 Å². The van der Waals surface area contributed by atoms with Gasteiger partial charge in [0.2, 0.25) is 0 Å². The second-order valence-corrected chi connectivity index (χ2v) is 4.45. The minimum absolute atomic E-state index is 0.00741. The Morgan fingerprint density at radius 1 is 1.29 bits per heavy atom. The molecule has 2 aromatic heterocycles. The normalized spacial score (nSPS) is 10.4. The van der Waals surface area contributed by atoms with Crippen molar-refractivity contribution in [3.05, 3.63) is 59.5 Å². The highest BCUT2D eigenvalue weighted by molar-refractivity contribution is 6.01. The summed E-state index contributed by atoms with van der Waals surface area (Å²) in [7, 11) is 0. The SMILES string of the molecule is N#Cc1ncccc1Cn1nc(C(=O)O)c2ccccc21. The molecule has 0 saturated heterocycles. The lowest BCUT2D eigenvalue weighted by Gasteiger charge is -2.04. The van der Waals surface area contributed by atoms with Gasteiger partial charge in [-0.25, -0.2) is 9.78 Å². The van der Waals surface area contributed by atoms with Gasteiger partial charge in [-0.15, -0.1) is 0 Å². The Balaban J connectivity index is 2.14. The van der Waals surface area contributed by atoms with Crippen molar-refractivity contribution in [2.45, 2.75) is 6.54 Å². The van der Waals surface area contributed by atoms with Crippen molar-refractivity contribution >= 4 is 16.9 Å². The van der Waals surface area contributed by atoms with Gasteiger partial charge in [-0.1, -0.05) is 24.3 Å². The Morgan fingerprint density at radius 2 is 2.10 bits per heavy atom. The van der Waals surface area contributed by atoms with Crippen LogP contribution in [-0.4, -0.2) is 25.8 Å². The fourth-order valence-electron chi connectivity index (χ4n) is 2.23. The van der Waals surface area contributed by atoms with E-state index < -0.39 is 5.97 Å². The molecular formula is C15H10N4O2. The predicted molar refractivity (Wildman–Crippen MR) is 74.7 cm³/mol. The number of carbonyl (C=O) groups is 1. The van der Waals surface area contributed by atoms with Gasteiger partial charge >= 0.3 is 5.97 Å². The van der Waals surface area contributed by atoms with Gasteiger partial charge in [0.1, 0.15) is 11.8 Å². The molecule has 0 spiro atoms. The van der Waals surface area contributed by atoms with Crippen molar-refractivity contribution in [3.8, 4) is 6.07 Å². The minimum atomic E-state index is -1.07. The molecule has 1 aromatic carbocycles. The molecule has 0 aliphatic carbocycles. The van der Waals surface area contributed by atoms with Crippen molar-refractivity contribution in [3.63, 3.8) is 0 Å². The summed E-state index contributed by atoms with van der Waals surface area (Å²) in [6, 6.07) is 12.7. The van der Waals surface area contributed by atoms with Crippen molar-refractivity contribution in [2.75, 3.05) is 0 Å². The quantitative estimate of drug-likeness (QED) is 0.791. The first-order chi connectivity index (χ1) is 10.2. The first-order valence-electron chi connectivity index (χ1n) is 6.23. The number of fused-ring (bicyclic) bond motifs is 1. The average Bonchev–Trinajstić information content (AvgIpc) is 2.87. The molecule has 6 heteroatoms. The lowest BCUT2D eigenvalue weighted by molar-refractivity contribution is 0.0691. The molecule has 6 nitrogen and oxygen atoms in total. The van der Waals surface area contributed by atoms with E-state index >= 15 is 0 Å². The monoisotopic (exact) mass is 278 g/mol. The molecule has 0 aliphatic rings. The number of aromatic carboxylic acids is 1. The number of carboxylic acid groups (broad SMARTS) is 1. The molecule has 0 aliphatic heterocycles. The summed E-state index contributed by atoms with van der Waals surface area (Å²) in [6.07, 6.45) is 1.55. The molecule has 0 amide bonds. The highest BCUT2D eigenvalue weighted by atomic mass is 16.4. The number of carboxylic acids is 1. The van der Waals surface area contributed by atoms with Crippen molar-refractivity contribution in [2.24, 2.45) is 0 Å². The van der Waals surface area contributed by atoms with Crippen LogP contribution >= 0.6 is 0 Å². The Kier molecular flexibility index (Phi) is 3.09. The number of aromatic nitrogens is 3. The van der Waals surface area contributed by atoms with Gasteiger partial charge in [-0.3, -0.25) is 4.68 Å². The molecule has 3 aromatic rings. The molecule has 102 valence electrons. The summed E-state index contributed by atoms with van der Waals surface area (Å²) in [4.78, 5) is 15.3. The zero-order chi connectivity index (χ0) is 14.8. The zero-order valence-electron chi connectivity index (χ0n) is 10.9. The third-order valence-corrected chi connectivity index (χ3v) is 3.18. The third kappa shape index (κ3) is 2.21. The number of benzene rings is 1. The Labute approximate surface area is 119 Å². The molecule has 21 heavy (non-hydrogen) atoms. The summed E-state index contributed by atoms with van der Waals surface area (Å²) < 4.78 is 1.58. The predicted octanol–water partition coefficient (Wildman–Crippen LogP) is 2.05. The van der Waals surface area contributed by atoms with Crippen LogP contribution in [0, 0.1) is 11.3 Å². The van der Waals surface area contributed by atoms with Gasteiger partial charge in [0.05, 0.1) is 12.1 Å². The number of rotatable bonds is 3. The highest BCUT2D eigenvalue weighted by Crippen LogP contribution is 2.20. The van der Waals surface area contributed by atoms with Crippen molar-refractivity contribution in [1.29, 1.82) is 5.26 Å². The van der Waals surface area contributed by atoms with Crippen LogP contribution in [0.4, 0.5) is 0 Å². The van der Waals surface area contributed by atoms with E-state index in [9.17, 15) is 9.90 Å². The average molecular weight is 278 g/mol. The number of hydrogen-bond donors (Lipinski definition) is 1. The van der Waals surface area contributed by atoms with E-state index in [1.54, 1.807) is 41.2 Å². The minimum Gasteiger partial charge on any atom is -0.476 e. The third-order valence-electron chi connectivity index (χ3n) is 3.18. The number of pyridine rings is 1. The number of nitriles is 1. The highest BCUT2D eigenvalue weighted by Gasteiger charge is 2.16. The number of hydrogen-bond acceptors (Lipinski definition) is 4. The lowest BCUT2D eigenvalue weighted by atomic mass is 10.2. The van der Waals surface area contributed by atoms with Crippen LogP contribution in [0.5, 0.6) is 0 Å².